The van der Waals surface area contributed by atoms with Gasteiger partial charge in [-0.2, -0.15) is 0 Å². The van der Waals surface area contributed by atoms with Gasteiger partial charge in [0.05, 0.1) is 17.4 Å². The highest BCUT2D eigenvalue weighted by Gasteiger charge is 2.08. The van der Waals surface area contributed by atoms with E-state index in [-0.39, 0.29) is 6.04 Å². The molecule has 13 heavy (non-hydrogen) atoms. The first-order chi connectivity index (χ1) is 6.33. The largest absolute Gasteiger partial charge is 0.345 e. The Morgan fingerprint density at radius 3 is 3.15 bits per heavy atom. The lowest BCUT2D eigenvalue weighted by atomic mass is 10.0. The quantitative estimate of drug-likeness (QED) is 0.733. The van der Waals surface area contributed by atoms with Crippen LogP contribution in [0, 0.1) is 0 Å². The maximum Gasteiger partial charge on any atom is 0.0932 e. The first-order valence-electron chi connectivity index (χ1n) is 4.50. The van der Waals surface area contributed by atoms with Crippen LogP contribution in [0.3, 0.4) is 0 Å². The summed E-state index contributed by atoms with van der Waals surface area (Å²) in [6.45, 7) is 2.08. The lowest BCUT2D eigenvalue weighted by Gasteiger charge is -2.08. The van der Waals surface area contributed by atoms with Gasteiger partial charge in [0.1, 0.15) is 0 Å². The molecule has 2 rings (SSSR count). The molecule has 0 aliphatic heterocycles. The van der Waals surface area contributed by atoms with E-state index < -0.39 is 0 Å². The average Bonchev–Trinajstić information content (AvgIpc) is 2.63. The number of nitrogens with one attached hydrogen (secondary N) is 1. The van der Waals surface area contributed by atoms with Crippen molar-refractivity contribution in [3.8, 4) is 0 Å². The van der Waals surface area contributed by atoms with E-state index in [0.717, 1.165) is 23.0 Å². The molecule has 0 spiro atoms. The van der Waals surface area contributed by atoms with Gasteiger partial charge in [-0.1, -0.05) is 19.1 Å². The Morgan fingerprint density at radius 2 is 2.38 bits per heavy atom. The Balaban J connectivity index is 2.60. The molecule has 0 fully saturated rings. The Morgan fingerprint density at radius 1 is 1.54 bits per heavy atom. The Bertz CT molecular complexity index is 405. The van der Waals surface area contributed by atoms with Gasteiger partial charge in [-0.3, -0.25) is 0 Å². The zero-order valence-corrected chi connectivity index (χ0v) is 7.62. The third kappa shape index (κ3) is 1.31. The highest BCUT2D eigenvalue weighted by atomic mass is 14.9. The molecule has 3 nitrogen and oxygen atoms in total. The number of hydrogen-bond donors (Lipinski definition) is 2. The number of hydrogen-bond acceptors (Lipinski definition) is 2. The number of aromatic nitrogens is 2. The molecule has 0 saturated carbocycles. The van der Waals surface area contributed by atoms with Crippen LogP contribution < -0.4 is 5.73 Å². The Kier molecular flexibility index (Phi) is 2.02. The van der Waals surface area contributed by atoms with E-state index in [1.165, 1.54) is 0 Å². The highest BCUT2D eigenvalue weighted by Crippen LogP contribution is 2.21. The summed E-state index contributed by atoms with van der Waals surface area (Å²) >= 11 is 0. The Hall–Kier alpha value is -1.35. The second-order valence-corrected chi connectivity index (χ2v) is 3.16. The summed E-state index contributed by atoms with van der Waals surface area (Å²) in [6.07, 6.45) is 2.64. The zero-order chi connectivity index (χ0) is 9.26. The first-order valence-corrected chi connectivity index (χ1v) is 4.50. The van der Waals surface area contributed by atoms with Crippen LogP contribution in [0.4, 0.5) is 0 Å². The van der Waals surface area contributed by atoms with Gasteiger partial charge in [-0.05, 0) is 18.1 Å². The molecule has 0 saturated heterocycles. The van der Waals surface area contributed by atoms with Crippen LogP contribution in [0.15, 0.2) is 24.5 Å². The van der Waals surface area contributed by atoms with Gasteiger partial charge in [0.15, 0.2) is 0 Å². The molecular weight excluding hydrogens is 162 g/mol. The van der Waals surface area contributed by atoms with E-state index in [9.17, 15) is 0 Å². The number of fused-ring (bicyclic) bond motifs is 1. The third-order valence-corrected chi connectivity index (χ3v) is 2.32. The molecule has 0 aliphatic rings. The second-order valence-electron chi connectivity index (χ2n) is 3.16. The molecule has 1 aromatic carbocycles. The number of para-hydroxylation sites is 1. The van der Waals surface area contributed by atoms with E-state index in [4.69, 9.17) is 5.73 Å². The van der Waals surface area contributed by atoms with Gasteiger partial charge in [-0.15, -0.1) is 0 Å². The topological polar surface area (TPSA) is 54.7 Å². The van der Waals surface area contributed by atoms with Crippen molar-refractivity contribution < 1.29 is 0 Å². The van der Waals surface area contributed by atoms with Crippen molar-refractivity contribution >= 4 is 11.0 Å². The Labute approximate surface area is 77.0 Å². The summed E-state index contributed by atoms with van der Waals surface area (Å²) in [5.74, 6) is 0. The summed E-state index contributed by atoms with van der Waals surface area (Å²) in [5.41, 5.74) is 9.15. The van der Waals surface area contributed by atoms with Crippen LogP contribution in [0.5, 0.6) is 0 Å². The molecule has 1 heterocycles. The summed E-state index contributed by atoms with van der Waals surface area (Å²) in [5, 5.41) is 0. The standard InChI is InChI=1S/C10H13N3/c1-2-8(11)7-4-3-5-9-10(7)13-6-12-9/h3-6,8H,2,11H2,1H3,(H,12,13). The normalized spacial score (nSPS) is 13.4. The molecule has 2 aromatic rings. The minimum absolute atomic E-state index is 0.0898. The van der Waals surface area contributed by atoms with Crippen LogP contribution in [0.2, 0.25) is 0 Å². The van der Waals surface area contributed by atoms with Crippen molar-refractivity contribution in [1.82, 2.24) is 9.97 Å². The number of nitrogens with two attached hydrogens (primary N) is 1. The summed E-state index contributed by atoms with van der Waals surface area (Å²) in [7, 11) is 0. The van der Waals surface area contributed by atoms with Gasteiger partial charge >= 0.3 is 0 Å². The summed E-state index contributed by atoms with van der Waals surface area (Å²) < 4.78 is 0. The number of aromatic amines is 1. The van der Waals surface area contributed by atoms with E-state index in [1.807, 2.05) is 18.2 Å². The van der Waals surface area contributed by atoms with Crippen LogP contribution in [-0.2, 0) is 0 Å². The predicted octanol–water partition coefficient (Wildman–Crippen LogP) is 1.97. The molecule has 3 N–H and O–H groups in total. The number of benzene rings is 1. The van der Waals surface area contributed by atoms with Gasteiger partial charge in [-0.25, -0.2) is 4.98 Å². The molecule has 0 aliphatic carbocycles. The van der Waals surface area contributed by atoms with Gasteiger partial charge in [0.2, 0.25) is 0 Å². The average molecular weight is 175 g/mol. The lowest BCUT2D eigenvalue weighted by molar-refractivity contribution is 0.703. The van der Waals surface area contributed by atoms with Crippen molar-refractivity contribution in [2.45, 2.75) is 19.4 Å². The molecule has 3 heteroatoms. The fourth-order valence-electron chi connectivity index (χ4n) is 1.51. The SMILES string of the molecule is CCC(N)c1cccc2[nH]cnc12. The molecule has 0 amide bonds. The van der Waals surface area contributed by atoms with Crippen LogP contribution >= 0.6 is 0 Å². The number of rotatable bonds is 2. The fraction of sp³-hybridized carbons (Fsp3) is 0.300. The third-order valence-electron chi connectivity index (χ3n) is 2.32. The highest BCUT2D eigenvalue weighted by molar-refractivity contribution is 5.78. The predicted molar refractivity (Wildman–Crippen MR) is 53.3 cm³/mol. The summed E-state index contributed by atoms with van der Waals surface area (Å²) in [4.78, 5) is 7.32. The van der Waals surface area contributed by atoms with Gasteiger partial charge < -0.3 is 10.7 Å². The second kappa shape index (κ2) is 3.18. The van der Waals surface area contributed by atoms with Gasteiger partial charge in [0, 0.05) is 6.04 Å². The molecule has 1 aromatic heterocycles. The number of imidazole rings is 1. The van der Waals surface area contributed by atoms with E-state index in [1.54, 1.807) is 6.33 Å². The zero-order valence-electron chi connectivity index (χ0n) is 7.62. The fourth-order valence-corrected chi connectivity index (χ4v) is 1.51. The monoisotopic (exact) mass is 175 g/mol. The van der Waals surface area contributed by atoms with Crippen molar-refractivity contribution in [2.24, 2.45) is 5.73 Å². The van der Waals surface area contributed by atoms with Crippen molar-refractivity contribution in [1.29, 1.82) is 0 Å². The van der Waals surface area contributed by atoms with Crippen molar-refractivity contribution in [2.75, 3.05) is 0 Å². The van der Waals surface area contributed by atoms with Crippen molar-refractivity contribution in [3.63, 3.8) is 0 Å². The van der Waals surface area contributed by atoms with E-state index >= 15 is 0 Å². The summed E-state index contributed by atoms with van der Waals surface area (Å²) in [6, 6.07) is 6.14. The van der Waals surface area contributed by atoms with E-state index in [2.05, 4.69) is 16.9 Å². The minimum Gasteiger partial charge on any atom is -0.345 e. The molecule has 1 atom stereocenters. The number of nitrogens with zero attached hydrogens (tertiary/aromatic N) is 1. The van der Waals surface area contributed by atoms with Crippen LogP contribution in [0.1, 0.15) is 24.9 Å². The molecular formula is C10H13N3. The maximum atomic E-state index is 5.97. The minimum atomic E-state index is 0.0898. The van der Waals surface area contributed by atoms with Crippen LogP contribution in [0.25, 0.3) is 11.0 Å². The van der Waals surface area contributed by atoms with Crippen LogP contribution in [-0.4, -0.2) is 9.97 Å². The van der Waals surface area contributed by atoms with Gasteiger partial charge in [0.25, 0.3) is 0 Å². The maximum absolute atomic E-state index is 5.97. The molecule has 68 valence electrons. The molecule has 1 unspecified atom stereocenters. The van der Waals surface area contributed by atoms with Crippen molar-refractivity contribution in [3.05, 3.63) is 30.1 Å². The smallest absolute Gasteiger partial charge is 0.0932 e. The molecule has 0 bridgehead atoms. The first kappa shape index (κ1) is 8.26. The molecule has 0 radical (unpaired) electrons. The number of H-pyrrole nitrogens is 1. The lowest BCUT2D eigenvalue weighted by Crippen LogP contribution is -2.08. The van der Waals surface area contributed by atoms with E-state index in [0.29, 0.717) is 0 Å².